The number of carbonyl (C=O) groups excluding carboxylic acids is 1. The van der Waals surface area contributed by atoms with Crippen LogP contribution in [-0.4, -0.2) is 35.4 Å². The number of pyridine rings is 1. The predicted molar refractivity (Wildman–Crippen MR) is 144 cm³/mol. The maximum Gasteiger partial charge on any atom is 0.247 e. The number of hydrogen-bond donors (Lipinski definition) is 2. The first-order chi connectivity index (χ1) is 17.2. The monoisotopic (exact) mass is 499 g/mol. The zero-order valence-corrected chi connectivity index (χ0v) is 21.5. The van der Waals surface area contributed by atoms with Gasteiger partial charge in [-0.1, -0.05) is 30.3 Å². The molecule has 0 aliphatic heterocycles. The summed E-state index contributed by atoms with van der Waals surface area (Å²) < 4.78 is 3.64. The molecule has 0 fully saturated rings. The molecular weight excluding hydrogens is 474 g/mol. The fourth-order valence-electron chi connectivity index (χ4n) is 4.40. The summed E-state index contributed by atoms with van der Waals surface area (Å²) >= 11 is 7.14. The van der Waals surface area contributed by atoms with Crippen molar-refractivity contribution in [2.24, 2.45) is 14.1 Å². The number of anilines is 1. The van der Waals surface area contributed by atoms with Crippen LogP contribution in [0.5, 0.6) is 0 Å². The third kappa shape index (κ3) is 3.70. The maximum atomic E-state index is 12.1. The van der Waals surface area contributed by atoms with Gasteiger partial charge in [0.1, 0.15) is 5.65 Å². The van der Waals surface area contributed by atoms with Crippen molar-refractivity contribution in [1.82, 2.24) is 29.5 Å². The molecule has 1 aromatic carbocycles. The van der Waals surface area contributed by atoms with Gasteiger partial charge in [0.05, 0.1) is 23.1 Å². The molecule has 5 rings (SSSR count). The molecule has 4 heterocycles. The molecule has 0 bridgehead atoms. The van der Waals surface area contributed by atoms with Gasteiger partial charge in [-0.15, -0.1) is 0 Å². The Morgan fingerprint density at radius 2 is 1.69 bits per heavy atom. The average molecular weight is 500 g/mol. The number of nitrogens with one attached hydrogen (secondary N) is 2. The van der Waals surface area contributed by atoms with E-state index >= 15 is 0 Å². The molecule has 0 spiro atoms. The third-order valence-corrected chi connectivity index (χ3v) is 7.15. The molecular formula is C27H26ClN7O. The molecule has 0 radical (unpaired) electrons. The number of hydrogen-bond acceptors (Lipinski definition) is 4. The van der Waals surface area contributed by atoms with Gasteiger partial charge in [-0.2, -0.15) is 10.2 Å². The van der Waals surface area contributed by atoms with Gasteiger partial charge in [-0.05, 0) is 44.0 Å². The van der Waals surface area contributed by atoms with Crippen molar-refractivity contribution in [2.75, 3.05) is 5.32 Å². The Hall–Kier alpha value is -4.17. The Labute approximate surface area is 213 Å². The fourth-order valence-corrected chi connectivity index (χ4v) is 4.73. The summed E-state index contributed by atoms with van der Waals surface area (Å²) in [7, 11) is 3.81. The minimum atomic E-state index is -0.272. The van der Waals surface area contributed by atoms with Gasteiger partial charge in [0.2, 0.25) is 5.91 Å². The summed E-state index contributed by atoms with van der Waals surface area (Å²) in [4.78, 5) is 20.3. The molecule has 1 amide bonds. The Morgan fingerprint density at radius 1 is 1.03 bits per heavy atom. The van der Waals surface area contributed by atoms with Gasteiger partial charge in [0, 0.05) is 65.0 Å². The number of benzene rings is 1. The molecule has 0 saturated heterocycles. The van der Waals surface area contributed by atoms with E-state index in [-0.39, 0.29) is 5.91 Å². The molecule has 0 aliphatic carbocycles. The number of rotatable bonds is 5. The molecule has 0 unspecified atom stereocenters. The highest BCUT2D eigenvalue weighted by molar-refractivity contribution is 6.39. The lowest BCUT2D eigenvalue weighted by atomic mass is 9.96. The molecule has 0 aliphatic rings. The SMILES string of the molecule is C=CC(=O)Nc1cc(-c2c(-c3cnn(C)c3C)[nH]c3ncc(-c4cnn(C)c4C)c(Cl)c23)ccc1C. The Bertz CT molecular complexity index is 1670. The van der Waals surface area contributed by atoms with Crippen LogP contribution in [0.1, 0.15) is 17.0 Å². The van der Waals surface area contributed by atoms with Crippen molar-refractivity contribution in [3.05, 3.63) is 71.4 Å². The topological polar surface area (TPSA) is 93.4 Å². The van der Waals surface area contributed by atoms with Gasteiger partial charge in [0.15, 0.2) is 0 Å². The van der Waals surface area contributed by atoms with Gasteiger partial charge in [0.25, 0.3) is 0 Å². The van der Waals surface area contributed by atoms with E-state index in [1.165, 1.54) is 6.08 Å². The second-order valence-corrected chi connectivity index (χ2v) is 9.22. The molecule has 5 aromatic rings. The first-order valence-corrected chi connectivity index (χ1v) is 11.8. The Morgan fingerprint density at radius 3 is 2.31 bits per heavy atom. The predicted octanol–water partition coefficient (Wildman–Crippen LogP) is 5.73. The number of nitrogens with zero attached hydrogens (tertiary/aromatic N) is 5. The van der Waals surface area contributed by atoms with Crippen LogP contribution >= 0.6 is 11.6 Å². The number of aromatic nitrogens is 6. The molecule has 4 aromatic heterocycles. The largest absolute Gasteiger partial charge is 0.339 e. The zero-order valence-electron chi connectivity index (χ0n) is 20.8. The lowest BCUT2D eigenvalue weighted by Crippen LogP contribution is -2.08. The van der Waals surface area contributed by atoms with Gasteiger partial charge in [-0.3, -0.25) is 14.2 Å². The van der Waals surface area contributed by atoms with E-state index in [0.29, 0.717) is 16.4 Å². The van der Waals surface area contributed by atoms with Gasteiger partial charge >= 0.3 is 0 Å². The number of aromatic amines is 1. The number of carbonyl (C=O) groups is 1. The number of H-pyrrole nitrogens is 1. The third-order valence-electron chi connectivity index (χ3n) is 6.76. The second kappa shape index (κ2) is 8.80. The lowest BCUT2D eigenvalue weighted by molar-refractivity contribution is -0.111. The summed E-state index contributed by atoms with van der Waals surface area (Å²) in [6.45, 7) is 9.53. The van der Waals surface area contributed by atoms with Crippen LogP contribution in [0.15, 0.2) is 49.4 Å². The fraction of sp³-hybridized carbons (Fsp3) is 0.185. The van der Waals surface area contributed by atoms with Crippen molar-refractivity contribution in [3.8, 4) is 33.5 Å². The summed E-state index contributed by atoms with van der Waals surface area (Å²) in [5.41, 5.74) is 9.57. The number of halogens is 1. The van der Waals surface area contributed by atoms with Crippen molar-refractivity contribution in [1.29, 1.82) is 0 Å². The van der Waals surface area contributed by atoms with Gasteiger partial charge in [-0.25, -0.2) is 4.98 Å². The minimum Gasteiger partial charge on any atom is -0.339 e. The molecule has 182 valence electrons. The van der Waals surface area contributed by atoms with E-state index in [1.807, 2.05) is 68.6 Å². The second-order valence-electron chi connectivity index (χ2n) is 8.84. The van der Waals surface area contributed by atoms with Crippen LogP contribution in [-0.2, 0) is 18.9 Å². The van der Waals surface area contributed by atoms with Crippen molar-refractivity contribution < 1.29 is 4.79 Å². The molecule has 0 atom stereocenters. The minimum absolute atomic E-state index is 0.272. The van der Waals surface area contributed by atoms with Crippen LogP contribution in [0.3, 0.4) is 0 Å². The smallest absolute Gasteiger partial charge is 0.247 e. The molecule has 36 heavy (non-hydrogen) atoms. The number of amides is 1. The highest BCUT2D eigenvalue weighted by Crippen LogP contribution is 2.45. The Kier molecular flexibility index (Phi) is 5.76. The molecule has 8 nitrogen and oxygen atoms in total. The zero-order chi connectivity index (χ0) is 25.7. The van der Waals surface area contributed by atoms with Crippen LogP contribution in [0, 0.1) is 20.8 Å². The first kappa shape index (κ1) is 23.6. The highest BCUT2D eigenvalue weighted by Gasteiger charge is 2.24. The highest BCUT2D eigenvalue weighted by atomic mass is 35.5. The quantitative estimate of drug-likeness (QED) is 0.302. The standard InChI is InChI=1S/C27H26ClN7O/c1-7-22(36)32-21-10-17(9-8-14(21)2)23-24-25(28)20(18-12-30-34(5)15(18)3)11-29-27(24)33-26(23)19-13-31-35(6)16(19)4/h7-13H,1H2,2-6H3,(H,29,33)(H,32,36). The van der Waals surface area contributed by atoms with Gasteiger partial charge < -0.3 is 10.3 Å². The summed E-state index contributed by atoms with van der Waals surface area (Å²) in [6.07, 6.45) is 6.67. The molecule has 2 N–H and O–H groups in total. The first-order valence-electron chi connectivity index (χ1n) is 11.4. The summed E-state index contributed by atoms with van der Waals surface area (Å²) in [5.74, 6) is -0.272. The molecule has 9 heteroatoms. The van der Waals surface area contributed by atoms with Crippen LogP contribution < -0.4 is 5.32 Å². The lowest BCUT2D eigenvalue weighted by Gasteiger charge is -2.12. The number of aryl methyl sites for hydroxylation is 3. The Balaban J connectivity index is 1.84. The van der Waals surface area contributed by atoms with E-state index in [0.717, 1.165) is 55.8 Å². The van der Waals surface area contributed by atoms with Crippen LogP contribution in [0.25, 0.3) is 44.5 Å². The van der Waals surface area contributed by atoms with Crippen molar-refractivity contribution in [3.63, 3.8) is 0 Å². The van der Waals surface area contributed by atoms with E-state index < -0.39 is 0 Å². The van der Waals surface area contributed by atoms with Crippen LogP contribution in [0.4, 0.5) is 5.69 Å². The van der Waals surface area contributed by atoms with E-state index in [9.17, 15) is 4.79 Å². The van der Waals surface area contributed by atoms with E-state index in [1.54, 1.807) is 12.4 Å². The van der Waals surface area contributed by atoms with E-state index in [2.05, 4.69) is 27.1 Å². The normalized spacial score (nSPS) is 11.3. The van der Waals surface area contributed by atoms with Crippen LogP contribution in [0.2, 0.25) is 5.02 Å². The average Bonchev–Trinajstić information content (AvgIpc) is 3.51. The summed E-state index contributed by atoms with van der Waals surface area (Å²) in [6, 6.07) is 5.95. The number of fused-ring (bicyclic) bond motifs is 1. The van der Waals surface area contributed by atoms with Crippen molar-refractivity contribution in [2.45, 2.75) is 20.8 Å². The van der Waals surface area contributed by atoms with Crippen molar-refractivity contribution >= 4 is 34.2 Å². The van der Waals surface area contributed by atoms with E-state index in [4.69, 9.17) is 16.6 Å². The summed E-state index contributed by atoms with van der Waals surface area (Å²) in [5, 5.41) is 13.1. The molecule has 0 saturated carbocycles. The maximum absolute atomic E-state index is 12.1.